The zero-order valence-corrected chi connectivity index (χ0v) is 15.0. The Morgan fingerprint density at radius 2 is 1.50 bits per heavy atom. The van der Waals surface area contributed by atoms with E-state index in [9.17, 15) is 14.4 Å². The minimum Gasteiger partial charge on any atom is -0.495 e. The molecule has 1 aliphatic rings. The molecule has 3 aromatic rings. The van der Waals surface area contributed by atoms with Crippen molar-refractivity contribution in [2.24, 2.45) is 0 Å². The number of nitrogens with one attached hydrogen (secondary N) is 1. The molecular formula is C22H16N2O4. The molecule has 0 saturated heterocycles. The molecule has 4 rings (SSSR count). The van der Waals surface area contributed by atoms with Gasteiger partial charge in [-0.25, -0.2) is 0 Å². The smallest absolute Gasteiger partial charge is 0.257 e. The van der Waals surface area contributed by atoms with Gasteiger partial charge in [-0.05, 0) is 24.3 Å². The molecule has 138 valence electrons. The Morgan fingerprint density at radius 1 is 0.857 bits per heavy atom. The van der Waals surface area contributed by atoms with Crippen LogP contribution < -0.4 is 15.8 Å². The van der Waals surface area contributed by atoms with Crippen LogP contribution in [0.25, 0.3) is 0 Å². The van der Waals surface area contributed by atoms with Gasteiger partial charge in [0.1, 0.15) is 5.75 Å². The third-order valence-electron chi connectivity index (χ3n) is 4.73. The maximum atomic E-state index is 12.9. The first kappa shape index (κ1) is 17.5. The minimum absolute atomic E-state index is 0.0160. The average molecular weight is 372 g/mol. The van der Waals surface area contributed by atoms with Crippen LogP contribution in [0.1, 0.15) is 42.2 Å². The topological polar surface area (TPSA) is 98.5 Å². The van der Waals surface area contributed by atoms with E-state index in [4.69, 9.17) is 10.5 Å². The van der Waals surface area contributed by atoms with Crippen molar-refractivity contribution < 1.29 is 19.1 Å². The Morgan fingerprint density at radius 3 is 2.21 bits per heavy atom. The number of hydrogen-bond donors (Lipinski definition) is 2. The van der Waals surface area contributed by atoms with Crippen LogP contribution in [0.4, 0.5) is 11.4 Å². The first-order chi connectivity index (χ1) is 13.5. The van der Waals surface area contributed by atoms with Crippen LogP contribution >= 0.6 is 0 Å². The quantitative estimate of drug-likeness (QED) is 0.538. The molecule has 0 heterocycles. The number of hydrogen-bond acceptors (Lipinski definition) is 5. The van der Waals surface area contributed by atoms with Crippen LogP contribution in [0.15, 0.2) is 60.7 Å². The number of para-hydroxylation sites is 2. The Kier molecular flexibility index (Phi) is 4.16. The van der Waals surface area contributed by atoms with Crippen LogP contribution in [0, 0.1) is 0 Å². The van der Waals surface area contributed by atoms with Crippen LogP contribution in [0.2, 0.25) is 0 Å². The summed E-state index contributed by atoms with van der Waals surface area (Å²) in [6.45, 7) is 0. The van der Waals surface area contributed by atoms with Gasteiger partial charge in [0, 0.05) is 16.7 Å². The van der Waals surface area contributed by atoms with Gasteiger partial charge in [-0.3, -0.25) is 14.4 Å². The zero-order valence-electron chi connectivity index (χ0n) is 15.0. The normalized spacial score (nSPS) is 12.2. The second-order valence-electron chi connectivity index (χ2n) is 6.31. The molecule has 3 N–H and O–H groups in total. The number of methoxy groups -OCH3 is 1. The summed E-state index contributed by atoms with van der Waals surface area (Å²) in [5.41, 5.74) is 7.64. The Labute approximate surface area is 160 Å². The molecule has 0 atom stereocenters. The van der Waals surface area contributed by atoms with Crippen molar-refractivity contribution in [2.75, 3.05) is 18.2 Å². The number of rotatable bonds is 3. The Bertz CT molecular complexity index is 1150. The second kappa shape index (κ2) is 6.66. The summed E-state index contributed by atoms with van der Waals surface area (Å²) in [4.78, 5) is 38.4. The summed E-state index contributed by atoms with van der Waals surface area (Å²) in [7, 11) is 1.50. The van der Waals surface area contributed by atoms with Crippen LogP contribution in [0.5, 0.6) is 5.75 Å². The summed E-state index contributed by atoms with van der Waals surface area (Å²) in [5, 5.41) is 2.73. The molecular weight excluding hydrogens is 356 g/mol. The highest BCUT2D eigenvalue weighted by molar-refractivity contribution is 6.31. The van der Waals surface area contributed by atoms with Gasteiger partial charge in [-0.1, -0.05) is 36.4 Å². The van der Waals surface area contributed by atoms with Crippen molar-refractivity contribution >= 4 is 28.8 Å². The van der Waals surface area contributed by atoms with E-state index in [-0.39, 0.29) is 39.5 Å². The number of ketones is 2. The largest absolute Gasteiger partial charge is 0.495 e. The Hall–Kier alpha value is -3.93. The predicted molar refractivity (Wildman–Crippen MR) is 105 cm³/mol. The van der Waals surface area contributed by atoms with Gasteiger partial charge in [0.2, 0.25) is 0 Å². The molecule has 0 fully saturated rings. The number of nitrogens with two attached hydrogens (primary N) is 1. The van der Waals surface area contributed by atoms with Gasteiger partial charge in [-0.15, -0.1) is 0 Å². The summed E-state index contributed by atoms with van der Waals surface area (Å²) in [5.74, 6) is -0.653. The highest BCUT2D eigenvalue weighted by atomic mass is 16.5. The van der Waals surface area contributed by atoms with E-state index in [0.717, 1.165) is 0 Å². The molecule has 28 heavy (non-hydrogen) atoms. The molecule has 0 bridgehead atoms. The number of carbonyl (C=O) groups is 3. The lowest BCUT2D eigenvalue weighted by molar-refractivity contribution is 0.0978. The molecule has 0 aromatic heterocycles. The third-order valence-corrected chi connectivity index (χ3v) is 4.73. The average Bonchev–Trinajstić information content (AvgIpc) is 2.72. The first-order valence-electron chi connectivity index (χ1n) is 8.58. The first-order valence-corrected chi connectivity index (χ1v) is 8.58. The van der Waals surface area contributed by atoms with E-state index in [2.05, 4.69) is 5.32 Å². The van der Waals surface area contributed by atoms with Gasteiger partial charge in [-0.2, -0.15) is 0 Å². The van der Waals surface area contributed by atoms with E-state index < -0.39 is 5.91 Å². The maximum absolute atomic E-state index is 12.9. The van der Waals surface area contributed by atoms with Crippen LogP contribution in [-0.4, -0.2) is 24.6 Å². The van der Waals surface area contributed by atoms with Crippen molar-refractivity contribution in [3.05, 3.63) is 88.5 Å². The molecule has 0 saturated carbocycles. The van der Waals surface area contributed by atoms with E-state index in [1.54, 1.807) is 48.5 Å². The molecule has 0 aliphatic heterocycles. The number of anilines is 2. The highest BCUT2D eigenvalue weighted by Gasteiger charge is 2.32. The molecule has 3 aromatic carbocycles. The van der Waals surface area contributed by atoms with Gasteiger partial charge in [0.05, 0.1) is 29.6 Å². The number of benzene rings is 3. The van der Waals surface area contributed by atoms with Gasteiger partial charge in [0.25, 0.3) is 5.91 Å². The highest BCUT2D eigenvalue weighted by Crippen LogP contribution is 2.33. The van der Waals surface area contributed by atoms with E-state index >= 15 is 0 Å². The van der Waals surface area contributed by atoms with Crippen LogP contribution in [-0.2, 0) is 0 Å². The van der Waals surface area contributed by atoms with Gasteiger partial charge < -0.3 is 15.8 Å². The lowest BCUT2D eigenvalue weighted by atomic mass is 9.82. The summed E-state index contributed by atoms with van der Waals surface area (Å²) >= 11 is 0. The SMILES string of the molecule is COc1ccccc1NC(=O)c1ccc2c(c1N)C(=O)c1ccccc1C2=O. The van der Waals surface area contributed by atoms with Crippen molar-refractivity contribution in [3.63, 3.8) is 0 Å². The number of nitrogen functional groups attached to an aromatic ring is 1. The predicted octanol–water partition coefficient (Wildman–Crippen LogP) is 3.31. The maximum Gasteiger partial charge on any atom is 0.257 e. The summed E-state index contributed by atoms with van der Waals surface area (Å²) in [6, 6.07) is 16.4. The molecule has 0 spiro atoms. The number of amides is 1. The zero-order chi connectivity index (χ0) is 19.8. The number of carbonyl (C=O) groups excluding carboxylic acids is 3. The van der Waals surface area contributed by atoms with Crippen molar-refractivity contribution in [2.45, 2.75) is 0 Å². The third kappa shape index (κ3) is 2.63. The molecule has 1 aliphatic carbocycles. The Balaban J connectivity index is 1.76. The fraction of sp³-hybridized carbons (Fsp3) is 0.0455. The lowest BCUT2D eigenvalue weighted by Gasteiger charge is -2.20. The van der Waals surface area contributed by atoms with Crippen LogP contribution in [0.3, 0.4) is 0 Å². The molecule has 0 radical (unpaired) electrons. The molecule has 6 heteroatoms. The van der Waals surface area contributed by atoms with E-state index in [1.807, 2.05) is 0 Å². The monoisotopic (exact) mass is 372 g/mol. The van der Waals surface area contributed by atoms with Crippen molar-refractivity contribution in [1.29, 1.82) is 0 Å². The fourth-order valence-electron chi connectivity index (χ4n) is 3.35. The van der Waals surface area contributed by atoms with Gasteiger partial charge >= 0.3 is 0 Å². The van der Waals surface area contributed by atoms with Crippen molar-refractivity contribution in [1.82, 2.24) is 0 Å². The number of fused-ring (bicyclic) bond motifs is 2. The van der Waals surface area contributed by atoms with Crippen molar-refractivity contribution in [3.8, 4) is 5.75 Å². The second-order valence-corrected chi connectivity index (χ2v) is 6.31. The molecule has 1 amide bonds. The summed E-state index contributed by atoms with van der Waals surface area (Å²) < 4.78 is 5.23. The minimum atomic E-state index is -0.496. The number of ether oxygens (including phenoxy) is 1. The standard InChI is InChI=1S/C22H16N2O4/c1-28-17-9-5-4-8-16(17)24-22(27)15-11-10-14-18(19(15)23)21(26)13-7-3-2-6-12(13)20(14)25/h2-11H,23H2,1H3,(H,24,27). The lowest BCUT2D eigenvalue weighted by Crippen LogP contribution is -2.24. The molecule has 6 nitrogen and oxygen atoms in total. The fourth-order valence-corrected chi connectivity index (χ4v) is 3.35. The van der Waals surface area contributed by atoms with E-state index in [0.29, 0.717) is 17.0 Å². The van der Waals surface area contributed by atoms with E-state index in [1.165, 1.54) is 19.2 Å². The van der Waals surface area contributed by atoms with Gasteiger partial charge in [0.15, 0.2) is 11.6 Å². The summed E-state index contributed by atoms with van der Waals surface area (Å²) in [6.07, 6.45) is 0. The molecule has 0 unspecified atom stereocenters.